The molecule has 0 saturated carbocycles. The Morgan fingerprint density at radius 2 is 1.62 bits per heavy atom. The van der Waals surface area contributed by atoms with Crippen molar-refractivity contribution < 1.29 is 14.0 Å². The summed E-state index contributed by atoms with van der Waals surface area (Å²) in [6.45, 7) is 4.66. The molecule has 154 valence electrons. The van der Waals surface area contributed by atoms with Crippen LogP contribution in [0.3, 0.4) is 0 Å². The van der Waals surface area contributed by atoms with Crippen LogP contribution in [0.15, 0.2) is 33.5 Å². The van der Waals surface area contributed by atoms with Crippen LogP contribution < -0.4 is 5.43 Å². The minimum atomic E-state index is -0.273. The minimum absolute atomic E-state index is 0.0104. The molecule has 6 nitrogen and oxygen atoms in total. The fourth-order valence-electron chi connectivity index (χ4n) is 4.41. The normalized spacial score (nSPS) is 18.7. The summed E-state index contributed by atoms with van der Waals surface area (Å²) in [4.78, 5) is 41.8. The van der Waals surface area contributed by atoms with E-state index in [0.29, 0.717) is 36.9 Å². The van der Waals surface area contributed by atoms with E-state index in [9.17, 15) is 14.4 Å². The van der Waals surface area contributed by atoms with Crippen LogP contribution in [0, 0.1) is 12.8 Å². The molecule has 0 atom stereocenters. The van der Waals surface area contributed by atoms with Crippen LogP contribution in [0.1, 0.15) is 54.6 Å². The third-order valence-electron chi connectivity index (χ3n) is 6.14. The Kier molecular flexibility index (Phi) is 5.69. The zero-order valence-electron chi connectivity index (χ0n) is 17.0. The lowest BCUT2D eigenvalue weighted by molar-refractivity contribution is -0.136. The molecular formula is C23H28N2O4. The molecule has 2 aliphatic heterocycles. The molecule has 2 fully saturated rings. The van der Waals surface area contributed by atoms with Crippen LogP contribution in [0.4, 0.5) is 0 Å². The SMILES string of the molecule is Cc1ccc2oc(C(=O)N3CCC(C(=O)N4CCCCCC4)CC3)cc(=O)c2c1. The lowest BCUT2D eigenvalue weighted by Crippen LogP contribution is -2.44. The van der Waals surface area contributed by atoms with Crippen molar-refractivity contribution in [3.8, 4) is 0 Å². The first-order valence-corrected chi connectivity index (χ1v) is 10.7. The lowest BCUT2D eigenvalue weighted by atomic mass is 9.95. The van der Waals surface area contributed by atoms with E-state index in [1.165, 1.54) is 18.9 Å². The molecule has 3 heterocycles. The molecule has 6 heteroatoms. The molecule has 0 spiro atoms. The Bertz CT molecular complexity index is 964. The monoisotopic (exact) mass is 396 g/mol. The molecule has 1 aromatic carbocycles. The van der Waals surface area contributed by atoms with Gasteiger partial charge in [-0.2, -0.15) is 0 Å². The Morgan fingerprint density at radius 1 is 0.931 bits per heavy atom. The quantitative estimate of drug-likeness (QED) is 0.780. The van der Waals surface area contributed by atoms with E-state index >= 15 is 0 Å². The number of piperidine rings is 1. The van der Waals surface area contributed by atoms with E-state index in [1.807, 2.05) is 17.9 Å². The van der Waals surface area contributed by atoms with Gasteiger partial charge in [-0.3, -0.25) is 14.4 Å². The number of hydrogen-bond donors (Lipinski definition) is 0. The van der Waals surface area contributed by atoms with Gasteiger partial charge >= 0.3 is 0 Å². The fourth-order valence-corrected chi connectivity index (χ4v) is 4.41. The molecule has 2 aromatic rings. The summed E-state index contributed by atoms with van der Waals surface area (Å²) in [6.07, 6.45) is 5.91. The van der Waals surface area contributed by atoms with Crippen LogP contribution >= 0.6 is 0 Å². The first-order chi connectivity index (χ1) is 14.0. The number of hydrogen-bond acceptors (Lipinski definition) is 4. The highest BCUT2D eigenvalue weighted by molar-refractivity contribution is 5.93. The van der Waals surface area contributed by atoms with Crippen LogP contribution in [0.5, 0.6) is 0 Å². The van der Waals surface area contributed by atoms with Crippen LogP contribution in [-0.4, -0.2) is 47.8 Å². The molecular weight excluding hydrogens is 368 g/mol. The largest absolute Gasteiger partial charge is 0.451 e. The Balaban J connectivity index is 1.42. The van der Waals surface area contributed by atoms with E-state index in [4.69, 9.17) is 4.42 Å². The number of aryl methyl sites for hydroxylation is 1. The van der Waals surface area contributed by atoms with Gasteiger partial charge in [-0.1, -0.05) is 24.5 Å². The van der Waals surface area contributed by atoms with E-state index < -0.39 is 0 Å². The maximum Gasteiger partial charge on any atom is 0.289 e. The summed E-state index contributed by atoms with van der Waals surface area (Å²) in [5.41, 5.74) is 1.20. The van der Waals surface area contributed by atoms with E-state index in [1.54, 1.807) is 17.0 Å². The summed E-state index contributed by atoms with van der Waals surface area (Å²) in [7, 11) is 0. The minimum Gasteiger partial charge on any atom is -0.451 e. The van der Waals surface area contributed by atoms with Gasteiger partial charge in [0.2, 0.25) is 5.91 Å². The topological polar surface area (TPSA) is 70.8 Å². The van der Waals surface area contributed by atoms with Crippen LogP contribution in [0.2, 0.25) is 0 Å². The standard InChI is InChI=1S/C23H28N2O4/c1-16-6-7-20-18(14-16)19(26)15-21(29-20)23(28)25-12-8-17(9-13-25)22(27)24-10-4-2-3-5-11-24/h6-7,14-15,17H,2-5,8-13H2,1H3. The summed E-state index contributed by atoms with van der Waals surface area (Å²) in [5, 5.41) is 0.489. The highest BCUT2D eigenvalue weighted by Crippen LogP contribution is 2.23. The summed E-state index contributed by atoms with van der Waals surface area (Å²) >= 11 is 0. The molecule has 0 N–H and O–H groups in total. The number of carbonyl (C=O) groups excluding carboxylic acids is 2. The molecule has 2 aliphatic rings. The molecule has 0 unspecified atom stereocenters. The summed E-state index contributed by atoms with van der Waals surface area (Å²) < 4.78 is 5.73. The average molecular weight is 396 g/mol. The van der Waals surface area contributed by atoms with Crippen molar-refractivity contribution in [3.05, 3.63) is 45.8 Å². The average Bonchev–Trinajstić information content (AvgIpc) is 3.03. The van der Waals surface area contributed by atoms with Gasteiger partial charge in [0.05, 0.1) is 5.39 Å². The van der Waals surface area contributed by atoms with E-state index in [2.05, 4.69) is 0 Å². The third-order valence-corrected chi connectivity index (χ3v) is 6.14. The number of carbonyl (C=O) groups is 2. The fraction of sp³-hybridized carbons (Fsp3) is 0.522. The number of benzene rings is 1. The molecule has 1 aromatic heterocycles. The van der Waals surface area contributed by atoms with Crippen molar-refractivity contribution in [1.82, 2.24) is 9.80 Å². The number of amides is 2. The first-order valence-electron chi connectivity index (χ1n) is 10.7. The highest BCUT2D eigenvalue weighted by atomic mass is 16.3. The molecule has 2 saturated heterocycles. The van der Waals surface area contributed by atoms with Crippen molar-refractivity contribution in [3.63, 3.8) is 0 Å². The summed E-state index contributed by atoms with van der Waals surface area (Å²) in [5.74, 6) is 0.0317. The van der Waals surface area contributed by atoms with Crippen molar-refractivity contribution >= 4 is 22.8 Å². The number of likely N-dealkylation sites (tertiary alicyclic amines) is 2. The zero-order chi connectivity index (χ0) is 20.4. The predicted octanol–water partition coefficient (Wildman–Crippen LogP) is 3.36. The van der Waals surface area contributed by atoms with E-state index in [-0.39, 0.29) is 28.9 Å². The van der Waals surface area contributed by atoms with Gasteiger partial charge in [0.25, 0.3) is 5.91 Å². The van der Waals surface area contributed by atoms with Gasteiger partial charge < -0.3 is 14.2 Å². The van der Waals surface area contributed by atoms with Gasteiger partial charge in [-0.25, -0.2) is 0 Å². The smallest absolute Gasteiger partial charge is 0.289 e. The van der Waals surface area contributed by atoms with Gasteiger partial charge in [-0.15, -0.1) is 0 Å². The second kappa shape index (κ2) is 8.39. The second-order valence-electron chi connectivity index (χ2n) is 8.28. The van der Waals surface area contributed by atoms with Crippen LogP contribution in [-0.2, 0) is 4.79 Å². The maximum atomic E-state index is 12.9. The molecule has 0 radical (unpaired) electrons. The van der Waals surface area contributed by atoms with E-state index in [0.717, 1.165) is 31.5 Å². The Morgan fingerprint density at radius 3 is 2.31 bits per heavy atom. The van der Waals surface area contributed by atoms with Crippen molar-refractivity contribution in [2.45, 2.75) is 45.4 Å². The van der Waals surface area contributed by atoms with Gasteiger partial charge in [0.15, 0.2) is 11.2 Å². The highest BCUT2D eigenvalue weighted by Gasteiger charge is 2.31. The molecule has 4 rings (SSSR count). The molecule has 2 amide bonds. The van der Waals surface area contributed by atoms with Crippen molar-refractivity contribution in [2.75, 3.05) is 26.2 Å². The molecule has 0 bridgehead atoms. The van der Waals surface area contributed by atoms with Gasteiger partial charge in [0.1, 0.15) is 5.58 Å². The summed E-state index contributed by atoms with van der Waals surface area (Å²) in [6, 6.07) is 6.66. The number of nitrogens with zero attached hydrogens (tertiary/aromatic N) is 2. The van der Waals surface area contributed by atoms with Gasteiger partial charge in [0, 0.05) is 38.2 Å². The zero-order valence-corrected chi connectivity index (χ0v) is 17.0. The Labute approximate surface area is 170 Å². The third kappa shape index (κ3) is 4.21. The Hall–Kier alpha value is -2.63. The predicted molar refractivity (Wildman–Crippen MR) is 111 cm³/mol. The molecule has 29 heavy (non-hydrogen) atoms. The number of rotatable bonds is 2. The first kappa shape index (κ1) is 19.7. The van der Waals surface area contributed by atoms with Crippen LogP contribution in [0.25, 0.3) is 11.0 Å². The van der Waals surface area contributed by atoms with Crippen molar-refractivity contribution in [1.29, 1.82) is 0 Å². The number of fused-ring (bicyclic) bond motifs is 1. The molecule has 0 aliphatic carbocycles. The van der Waals surface area contributed by atoms with Gasteiger partial charge in [-0.05, 0) is 44.7 Å². The second-order valence-corrected chi connectivity index (χ2v) is 8.28. The van der Waals surface area contributed by atoms with Crippen molar-refractivity contribution in [2.24, 2.45) is 5.92 Å². The lowest BCUT2D eigenvalue weighted by Gasteiger charge is -2.33. The maximum absolute atomic E-state index is 12.9.